The summed E-state index contributed by atoms with van der Waals surface area (Å²) in [6, 6.07) is 3.66. The monoisotopic (exact) mass is 333 g/mol. The Kier molecular flexibility index (Phi) is 5.98. The molecule has 2 atom stereocenters. The van der Waals surface area contributed by atoms with Crippen LogP contribution in [0.15, 0.2) is 18.3 Å². The smallest absolute Gasteiger partial charge is 0.239 e. The number of ether oxygens (including phenoxy) is 1. The molecule has 24 heavy (non-hydrogen) atoms. The van der Waals surface area contributed by atoms with Gasteiger partial charge in [-0.15, -0.1) is 5.10 Å². The quantitative estimate of drug-likeness (QED) is 0.866. The number of nitrogens with one attached hydrogen (secondary N) is 1. The lowest BCUT2D eigenvalue weighted by Gasteiger charge is -2.38. The number of hydrogen-bond donors (Lipinski definition) is 1. The molecule has 1 amide bonds. The molecule has 2 aliphatic heterocycles. The fraction of sp³-hybridized carbons (Fsp3) is 0.706. The van der Waals surface area contributed by atoms with Crippen LogP contribution in [0.1, 0.15) is 26.2 Å². The van der Waals surface area contributed by atoms with E-state index in [1.165, 1.54) is 6.42 Å². The van der Waals surface area contributed by atoms with Crippen LogP contribution in [0.2, 0.25) is 0 Å². The van der Waals surface area contributed by atoms with Gasteiger partial charge in [0, 0.05) is 38.9 Å². The third-order valence-corrected chi connectivity index (χ3v) is 4.83. The van der Waals surface area contributed by atoms with Crippen molar-refractivity contribution in [1.29, 1.82) is 0 Å². The lowest BCUT2D eigenvalue weighted by molar-refractivity contribution is -0.140. The molecule has 2 saturated heterocycles. The van der Waals surface area contributed by atoms with Gasteiger partial charge in [-0.3, -0.25) is 9.69 Å². The summed E-state index contributed by atoms with van der Waals surface area (Å²) in [5.74, 6) is 1.01. The molecule has 0 bridgehead atoms. The molecule has 132 valence electrons. The summed E-state index contributed by atoms with van der Waals surface area (Å²) in [6.07, 6.45) is 5.21. The first kappa shape index (κ1) is 17.1. The summed E-state index contributed by atoms with van der Waals surface area (Å²) in [5.41, 5.74) is 0. The number of likely N-dealkylation sites (tertiary alicyclic amines) is 1. The highest BCUT2D eigenvalue weighted by atomic mass is 16.5. The van der Waals surface area contributed by atoms with Gasteiger partial charge in [0.25, 0.3) is 0 Å². The summed E-state index contributed by atoms with van der Waals surface area (Å²) >= 11 is 0. The molecule has 0 saturated carbocycles. The Hall–Kier alpha value is -1.73. The fourth-order valence-electron chi connectivity index (χ4n) is 3.37. The van der Waals surface area contributed by atoms with E-state index in [4.69, 9.17) is 4.74 Å². The molecular formula is C17H27N5O2. The van der Waals surface area contributed by atoms with Crippen molar-refractivity contribution < 1.29 is 9.53 Å². The normalized spacial score (nSPS) is 23.7. The van der Waals surface area contributed by atoms with E-state index in [-0.39, 0.29) is 18.1 Å². The topological polar surface area (TPSA) is 70.6 Å². The Morgan fingerprint density at radius 2 is 2.21 bits per heavy atom. The largest absolute Gasteiger partial charge is 0.374 e. The van der Waals surface area contributed by atoms with Crippen LogP contribution in [0.3, 0.4) is 0 Å². The van der Waals surface area contributed by atoms with Crippen molar-refractivity contribution >= 4 is 11.7 Å². The summed E-state index contributed by atoms with van der Waals surface area (Å²) < 4.78 is 5.83. The fourth-order valence-corrected chi connectivity index (χ4v) is 3.37. The van der Waals surface area contributed by atoms with Gasteiger partial charge in [0.05, 0.1) is 18.8 Å². The maximum absolute atomic E-state index is 12.7. The van der Waals surface area contributed by atoms with Crippen LogP contribution in [0.25, 0.3) is 0 Å². The van der Waals surface area contributed by atoms with Crippen LogP contribution in [0.5, 0.6) is 0 Å². The number of carbonyl (C=O) groups excluding carboxylic acids is 1. The van der Waals surface area contributed by atoms with Gasteiger partial charge in [-0.2, -0.15) is 5.10 Å². The van der Waals surface area contributed by atoms with Crippen molar-refractivity contribution in [3.63, 3.8) is 0 Å². The highest BCUT2D eigenvalue weighted by Crippen LogP contribution is 2.15. The molecule has 0 unspecified atom stereocenters. The van der Waals surface area contributed by atoms with Crippen LogP contribution < -0.4 is 5.32 Å². The summed E-state index contributed by atoms with van der Waals surface area (Å²) in [6.45, 7) is 6.73. The molecule has 7 nitrogen and oxygen atoms in total. The number of rotatable bonds is 5. The molecule has 0 spiro atoms. The summed E-state index contributed by atoms with van der Waals surface area (Å²) in [7, 11) is 0. The minimum absolute atomic E-state index is 0.0531. The van der Waals surface area contributed by atoms with Crippen molar-refractivity contribution in [2.45, 2.75) is 38.3 Å². The minimum Gasteiger partial charge on any atom is -0.374 e. The second-order valence-corrected chi connectivity index (χ2v) is 6.54. The van der Waals surface area contributed by atoms with Gasteiger partial charge in [0.2, 0.25) is 5.91 Å². The second-order valence-electron chi connectivity index (χ2n) is 6.54. The average Bonchev–Trinajstić information content (AvgIpc) is 2.67. The zero-order chi connectivity index (χ0) is 16.8. The van der Waals surface area contributed by atoms with Gasteiger partial charge >= 0.3 is 0 Å². The summed E-state index contributed by atoms with van der Waals surface area (Å²) in [4.78, 5) is 17.0. The number of piperidine rings is 1. The highest BCUT2D eigenvalue weighted by Gasteiger charge is 2.30. The van der Waals surface area contributed by atoms with E-state index in [2.05, 4.69) is 20.4 Å². The Balaban J connectivity index is 1.49. The number of amides is 1. The molecule has 7 heteroatoms. The number of anilines is 1. The molecule has 1 aromatic rings. The van der Waals surface area contributed by atoms with Crippen LogP contribution in [-0.2, 0) is 9.53 Å². The van der Waals surface area contributed by atoms with E-state index in [1.54, 1.807) is 6.20 Å². The highest BCUT2D eigenvalue weighted by molar-refractivity contribution is 5.81. The lowest BCUT2D eigenvalue weighted by atomic mass is 10.1. The molecule has 1 N–H and O–H groups in total. The van der Waals surface area contributed by atoms with Gasteiger partial charge in [0.15, 0.2) is 0 Å². The molecule has 2 aliphatic rings. The predicted octanol–water partition coefficient (Wildman–Crippen LogP) is 0.990. The van der Waals surface area contributed by atoms with E-state index in [0.29, 0.717) is 13.2 Å². The zero-order valence-electron chi connectivity index (χ0n) is 14.4. The van der Waals surface area contributed by atoms with E-state index in [1.807, 2.05) is 24.0 Å². The predicted molar refractivity (Wildman–Crippen MR) is 91.7 cm³/mol. The van der Waals surface area contributed by atoms with Crippen LogP contribution in [0.4, 0.5) is 5.82 Å². The van der Waals surface area contributed by atoms with Gasteiger partial charge < -0.3 is 15.0 Å². The maximum atomic E-state index is 12.7. The van der Waals surface area contributed by atoms with Crippen molar-refractivity contribution in [3.05, 3.63) is 18.3 Å². The Labute approximate surface area is 143 Å². The van der Waals surface area contributed by atoms with Gasteiger partial charge in [-0.1, -0.05) is 0 Å². The Morgan fingerprint density at radius 1 is 1.38 bits per heavy atom. The van der Waals surface area contributed by atoms with E-state index in [9.17, 15) is 4.79 Å². The molecular weight excluding hydrogens is 306 g/mol. The molecule has 0 radical (unpaired) electrons. The van der Waals surface area contributed by atoms with Crippen molar-refractivity contribution in [3.8, 4) is 0 Å². The maximum Gasteiger partial charge on any atom is 0.239 e. The number of hydrogen-bond acceptors (Lipinski definition) is 6. The first-order chi connectivity index (χ1) is 11.7. The van der Waals surface area contributed by atoms with Crippen molar-refractivity contribution in [1.82, 2.24) is 20.0 Å². The van der Waals surface area contributed by atoms with Crippen LogP contribution in [-0.4, -0.2) is 77.4 Å². The molecule has 2 fully saturated rings. The Bertz CT molecular complexity index is 521. The minimum atomic E-state index is -0.0778. The van der Waals surface area contributed by atoms with E-state index in [0.717, 1.165) is 44.8 Å². The number of nitrogens with zero attached hydrogens (tertiary/aromatic N) is 4. The standard InChI is InChI=1S/C17H27N5O2/c1-14(17(23)21-8-3-2-4-9-21)22-10-11-24-15(13-22)12-18-16-6-5-7-19-20-16/h5-7,14-15H,2-4,8-13H2,1H3,(H,18,20)/t14-,15-/m0/s1. The first-order valence-electron chi connectivity index (χ1n) is 8.90. The van der Waals surface area contributed by atoms with Crippen molar-refractivity contribution in [2.75, 3.05) is 44.6 Å². The van der Waals surface area contributed by atoms with E-state index < -0.39 is 0 Å². The van der Waals surface area contributed by atoms with Gasteiger partial charge in [0.1, 0.15) is 5.82 Å². The first-order valence-corrected chi connectivity index (χ1v) is 8.90. The molecule has 1 aromatic heterocycles. The molecule has 0 aliphatic carbocycles. The van der Waals surface area contributed by atoms with Crippen LogP contribution in [0, 0.1) is 0 Å². The molecule has 3 rings (SSSR count). The number of morpholine rings is 1. The SMILES string of the molecule is C[C@@H](C(=O)N1CCCCC1)N1CCO[C@@H](CNc2cccnn2)C1. The second kappa shape index (κ2) is 8.39. The van der Waals surface area contributed by atoms with Crippen LogP contribution >= 0.6 is 0 Å². The average molecular weight is 333 g/mol. The number of carbonyl (C=O) groups is 1. The third-order valence-electron chi connectivity index (χ3n) is 4.83. The third kappa shape index (κ3) is 4.42. The number of aromatic nitrogens is 2. The lowest BCUT2D eigenvalue weighted by Crippen LogP contribution is -2.54. The van der Waals surface area contributed by atoms with Gasteiger partial charge in [-0.05, 0) is 38.3 Å². The van der Waals surface area contributed by atoms with E-state index >= 15 is 0 Å². The molecule has 3 heterocycles. The summed E-state index contributed by atoms with van der Waals surface area (Å²) in [5, 5.41) is 11.1. The van der Waals surface area contributed by atoms with Crippen molar-refractivity contribution in [2.24, 2.45) is 0 Å². The zero-order valence-corrected chi connectivity index (χ0v) is 14.4. The van der Waals surface area contributed by atoms with Gasteiger partial charge in [-0.25, -0.2) is 0 Å². The Morgan fingerprint density at radius 3 is 2.96 bits per heavy atom. The molecule has 0 aromatic carbocycles.